The van der Waals surface area contributed by atoms with Crippen LogP contribution in [0, 0.1) is 27.9 Å². The maximum atomic E-state index is 13.2. The van der Waals surface area contributed by atoms with Gasteiger partial charge in [0.05, 0.1) is 11.3 Å². The molecular weight excluding hydrogens is 460 g/mol. The Balaban J connectivity index is 1.11. The summed E-state index contributed by atoms with van der Waals surface area (Å²) in [6, 6.07) is 9.01. The van der Waals surface area contributed by atoms with Crippen molar-refractivity contribution >= 4 is 23.2 Å². The SMILES string of the molecule is C[C@@H]1CN(c2ccc([N+](=O)[O-])nc2)CCN1c1cccc(C(=O)N[C@H]2C3CC4CC2C[C@](O)(C4)C3)n1. The quantitative estimate of drug-likeness (QED) is 0.482. The minimum Gasteiger partial charge on any atom is -0.390 e. The minimum absolute atomic E-state index is 0.123. The molecular formula is C26H32N6O4. The number of nitro groups is 1. The predicted octanol–water partition coefficient (Wildman–Crippen LogP) is 2.77. The highest BCUT2D eigenvalue weighted by Crippen LogP contribution is 2.55. The van der Waals surface area contributed by atoms with Crippen molar-refractivity contribution < 1.29 is 14.8 Å². The van der Waals surface area contributed by atoms with E-state index in [1.165, 1.54) is 6.07 Å². The molecule has 0 spiro atoms. The fourth-order valence-electron chi connectivity index (χ4n) is 7.36. The fourth-order valence-corrected chi connectivity index (χ4v) is 7.36. The minimum atomic E-state index is -0.515. The van der Waals surface area contributed by atoms with Crippen LogP contribution in [0.3, 0.4) is 0 Å². The lowest BCUT2D eigenvalue weighted by molar-refractivity contribution is -0.389. The number of piperazine rings is 1. The second-order valence-electron chi connectivity index (χ2n) is 11.2. The first-order chi connectivity index (χ1) is 17.3. The zero-order valence-electron chi connectivity index (χ0n) is 20.4. The van der Waals surface area contributed by atoms with Gasteiger partial charge in [0.15, 0.2) is 6.20 Å². The van der Waals surface area contributed by atoms with Gasteiger partial charge in [0.1, 0.15) is 11.5 Å². The van der Waals surface area contributed by atoms with Gasteiger partial charge < -0.3 is 30.3 Å². The number of carbonyl (C=O) groups is 1. The Kier molecular flexibility index (Phi) is 5.59. The highest BCUT2D eigenvalue weighted by Gasteiger charge is 2.55. The molecule has 10 heteroatoms. The standard InChI is InChI=1S/C26H32N6O4/c1-16-15-30(20-5-6-22(27-14-20)32(35)36)7-8-31(16)23-4-2-3-21(28-23)25(33)29-24-18-9-17-10-19(24)13-26(34,11-17)12-18/h2-6,14,16-19,24,34H,7-13,15H2,1H3,(H,29,33)/t16-,17?,18?,19?,24-,26-/m1/s1. The van der Waals surface area contributed by atoms with Crippen molar-refractivity contribution in [1.82, 2.24) is 15.3 Å². The Morgan fingerprint density at radius 2 is 1.94 bits per heavy atom. The maximum absolute atomic E-state index is 13.2. The van der Waals surface area contributed by atoms with Crippen molar-refractivity contribution in [3.63, 3.8) is 0 Å². The van der Waals surface area contributed by atoms with Gasteiger partial charge in [-0.05, 0) is 84.9 Å². The van der Waals surface area contributed by atoms with Gasteiger partial charge in [-0.15, -0.1) is 0 Å². The number of rotatable bonds is 5. The summed E-state index contributed by atoms with van der Waals surface area (Å²) in [6.45, 7) is 4.26. The summed E-state index contributed by atoms with van der Waals surface area (Å²) in [5, 5.41) is 25.0. The molecule has 0 radical (unpaired) electrons. The normalized spacial score (nSPS) is 33.0. The van der Waals surface area contributed by atoms with Crippen molar-refractivity contribution in [3.05, 3.63) is 52.3 Å². The number of nitrogens with one attached hydrogen (secondary N) is 1. The molecule has 4 saturated carbocycles. The molecule has 1 aliphatic heterocycles. The second-order valence-corrected chi connectivity index (χ2v) is 11.2. The molecule has 2 N–H and O–H groups in total. The van der Waals surface area contributed by atoms with Gasteiger partial charge in [-0.1, -0.05) is 6.07 Å². The van der Waals surface area contributed by atoms with E-state index in [2.05, 4.69) is 27.0 Å². The van der Waals surface area contributed by atoms with E-state index < -0.39 is 10.5 Å². The summed E-state index contributed by atoms with van der Waals surface area (Å²) in [5.74, 6) is 1.80. The van der Waals surface area contributed by atoms with E-state index in [1.807, 2.05) is 12.1 Å². The molecule has 3 heterocycles. The van der Waals surface area contributed by atoms with Gasteiger partial charge in [0.25, 0.3) is 5.91 Å². The number of carbonyl (C=O) groups excluding carboxylic acids is 1. The molecule has 2 unspecified atom stereocenters. The summed E-state index contributed by atoms with van der Waals surface area (Å²) < 4.78 is 0. The number of amides is 1. The topological polar surface area (TPSA) is 125 Å². The van der Waals surface area contributed by atoms with E-state index in [0.29, 0.717) is 36.5 Å². The van der Waals surface area contributed by atoms with Gasteiger partial charge in [-0.25, -0.2) is 4.98 Å². The first-order valence-electron chi connectivity index (χ1n) is 12.9. The maximum Gasteiger partial charge on any atom is 0.363 e. The Morgan fingerprint density at radius 1 is 1.17 bits per heavy atom. The number of aromatic nitrogens is 2. The van der Waals surface area contributed by atoms with E-state index in [-0.39, 0.29) is 23.8 Å². The summed E-state index contributed by atoms with van der Waals surface area (Å²) in [6.07, 6.45) is 6.27. The molecule has 10 nitrogen and oxygen atoms in total. The average molecular weight is 493 g/mol. The van der Waals surface area contributed by atoms with Crippen LogP contribution in [0.1, 0.15) is 49.5 Å². The molecule has 1 amide bonds. The molecule has 1 saturated heterocycles. The largest absolute Gasteiger partial charge is 0.390 e. The van der Waals surface area contributed by atoms with Gasteiger partial charge in [-0.3, -0.25) is 4.79 Å². The number of anilines is 2. The lowest BCUT2D eigenvalue weighted by Gasteiger charge is -2.58. The van der Waals surface area contributed by atoms with Gasteiger partial charge in [-0.2, -0.15) is 0 Å². The molecule has 5 fully saturated rings. The van der Waals surface area contributed by atoms with Crippen LogP contribution in [0.5, 0.6) is 0 Å². The molecule has 190 valence electrons. The third kappa shape index (κ3) is 4.17. The van der Waals surface area contributed by atoms with E-state index in [4.69, 9.17) is 4.98 Å². The van der Waals surface area contributed by atoms with Crippen LogP contribution in [0.25, 0.3) is 0 Å². The summed E-state index contributed by atoms with van der Waals surface area (Å²) in [4.78, 5) is 36.6. The number of nitrogens with zero attached hydrogens (tertiary/aromatic N) is 5. The van der Waals surface area contributed by atoms with Crippen LogP contribution in [-0.4, -0.2) is 63.2 Å². The molecule has 0 aromatic carbocycles. The molecule has 2 aromatic heterocycles. The van der Waals surface area contributed by atoms with E-state index >= 15 is 0 Å². The Morgan fingerprint density at radius 3 is 2.58 bits per heavy atom. The Bertz CT molecular complexity index is 1160. The average Bonchev–Trinajstić information content (AvgIpc) is 2.85. The number of pyridine rings is 2. The van der Waals surface area contributed by atoms with Gasteiger partial charge >= 0.3 is 5.82 Å². The third-order valence-corrected chi connectivity index (χ3v) is 8.71. The molecule has 4 bridgehead atoms. The molecule has 5 aliphatic rings. The summed E-state index contributed by atoms with van der Waals surface area (Å²) >= 11 is 0. The van der Waals surface area contributed by atoms with E-state index in [0.717, 1.165) is 50.2 Å². The number of hydrogen-bond acceptors (Lipinski definition) is 8. The van der Waals surface area contributed by atoms with Crippen molar-refractivity contribution in [3.8, 4) is 0 Å². The molecule has 36 heavy (non-hydrogen) atoms. The van der Waals surface area contributed by atoms with Crippen molar-refractivity contribution in [2.24, 2.45) is 17.8 Å². The Labute approximate surface area is 209 Å². The number of hydrogen-bond donors (Lipinski definition) is 2. The fraction of sp³-hybridized carbons (Fsp3) is 0.577. The van der Waals surface area contributed by atoms with Gasteiger partial charge in [0, 0.05) is 37.8 Å². The van der Waals surface area contributed by atoms with E-state index in [1.54, 1.807) is 18.3 Å². The van der Waals surface area contributed by atoms with Crippen LogP contribution in [0.2, 0.25) is 0 Å². The van der Waals surface area contributed by atoms with Gasteiger partial charge in [0.2, 0.25) is 0 Å². The molecule has 4 aliphatic carbocycles. The predicted molar refractivity (Wildman–Crippen MR) is 134 cm³/mol. The highest BCUT2D eigenvalue weighted by molar-refractivity contribution is 5.93. The van der Waals surface area contributed by atoms with Crippen molar-refractivity contribution in [2.75, 3.05) is 29.4 Å². The zero-order chi connectivity index (χ0) is 25.0. The molecule has 3 atom stereocenters. The molecule has 2 aromatic rings. The monoisotopic (exact) mass is 492 g/mol. The smallest absolute Gasteiger partial charge is 0.363 e. The Hall–Kier alpha value is -3.27. The second kappa shape index (κ2) is 8.69. The first kappa shape index (κ1) is 23.1. The summed E-state index contributed by atoms with van der Waals surface area (Å²) in [5.41, 5.74) is 0.765. The van der Waals surface area contributed by atoms with Crippen molar-refractivity contribution in [2.45, 2.75) is 56.7 Å². The third-order valence-electron chi connectivity index (χ3n) is 8.71. The van der Waals surface area contributed by atoms with Crippen molar-refractivity contribution in [1.29, 1.82) is 0 Å². The first-order valence-corrected chi connectivity index (χ1v) is 12.9. The van der Waals surface area contributed by atoms with Crippen LogP contribution >= 0.6 is 0 Å². The zero-order valence-corrected chi connectivity index (χ0v) is 20.4. The lowest BCUT2D eigenvalue weighted by Crippen LogP contribution is -2.61. The van der Waals surface area contributed by atoms with Crippen LogP contribution in [-0.2, 0) is 0 Å². The highest BCUT2D eigenvalue weighted by atomic mass is 16.6. The van der Waals surface area contributed by atoms with Crippen LogP contribution in [0.15, 0.2) is 36.5 Å². The van der Waals surface area contributed by atoms with Crippen LogP contribution < -0.4 is 15.1 Å². The lowest BCUT2D eigenvalue weighted by atomic mass is 9.52. The van der Waals surface area contributed by atoms with Crippen LogP contribution in [0.4, 0.5) is 17.3 Å². The number of aliphatic hydroxyl groups is 1. The summed E-state index contributed by atoms with van der Waals surface area (Å²) in [7, 11) is 0. The van der Waals surface area contributed by atoms with E-state index in [9.17, 15) is 20.0 Å². The molecule has 7 rings (SSSR count).